The lowest BCUT2D eigenvalue weighted by Crippen LogP contribution is -2.45. The van der Waals surface area contributed by atoms with Crippen molar-refractivity contribution in [2.75, 3.05) is 24.7 Å². The lowest BCUT2D eigenvalue weighted by molar-refractivity contribution is -0.144. The monoisotopic (exact) mass is 383 g/mol. The number of nitrogens with zero attached hydrogens (tertiary/aromatic N) is 1. The standard InChI is InChI=1S/C21H21NO6/c1-15-20(24)22(17-9-5-6-10-18(17)28-15)12-11-19(23)26-13-14-27-21(25)16-7-3-2-4-8-16/h2-10,15H,11-14H2,1H3. The molecule has 3 rings (SSSR count). The van der Waals surface area contributed by atoms with Crippen LogP contribution in [0.25, 0.3) is 0 Å². The lowest BCUT2D eigenvalue weighted by atomic mass is 10.2. The number of amides is 1. The summed E-state index contributed by atoms with van der Waals surface area (Å²) in [5.41, 5.74) is 1.07. The Labute approximate surface area is 162 Å². The molecule has 28 heavy (non-hydrogen) atoms. The second-order valence-electron chi connectivity index (χ2n) is 6.19. The second kappa shape index (κ2) is 9.03. The summed E-state index contributed by atoms with van der Waals surface area (Å²) in [5.74, 6) is -0.541. The first-order valence-electron chi connectivity index (χ1n) is 9.01. The smallest absolute Gasteiger partial charge is 0.338 e. The topological polar surface area (TPSA) is 82.1 Å². The number of benzene rings is 2. The Kier molecular flexibility index (Phi) is 6.26. The number of esters is 2. The first-order valence-corrected chi connectivity index (χ1v) is 9.01. The minimum Gasteiger partial charge on any atom is -0.479 e. The molecule has 1 amide bonds. The van der Waals surface area contributed by atoms with Crippen LogP contribution in [0.3, 0.4) is 0 Å². The van der Waals surface area contributed by atoms with Gasteiger partial charge in [-0.25, -0.2) is 4.79 Å². The van der Waals surface area contributed by atoms with Crippen molar-refractivity contribution in [3.63, 3.8) is 0 Å². The molecule has 0 saturated heterocycles. The Bertz CT molecular complexity index is 851. The molecule has 1 atom stereocenters. The number of fused-ring (bicyclic) bond motifs is 1. The molecule has 2 aromatic carbocycles. The van der Waals surface area contributed by atoms with Crippen LogP contribution in [-0.2, 0) is 19.1 Å². The summed E-state index contributed by atoms with van der Waals surface area (Å²) in [6.45, 7) is 1.79. The van der Waals surface area contributed by atoms with Gasteiger partial charge in [0.05, 0.1) is 17.7 Å². The molecule has 0 fully saturated rings. The van der Waals surface area contributed by atoms with Crippen molar-refractivity contribution in [3.8, 4) is 5.75 Å². The summed E-state index contributed by atoms with van der Waals surface area (Å²) in [7, 11) is 0. The van der Waals surface area contributed by atoms with Gasteiger partial charge >= 0.3 is 11.9 Å². The Hall–Kier alpha value is -3.35. The molecule has 1 unspecified atom stereocenters. The first-order chi connectivity index (χ1) is 13.6. The van der Waals surface area contributed by atoms with Crippen molar-refractivity contribution >= 4 is 23.5 Å². The Balaban J connectivity index is 1.43. The highest BCUT2D eigenvalue weighted by Gasteiger charge is 2.31. The van der Waals surface area contributed by atoms with E-state index in [1.807, 2.05) is 6.07 Å². The fourth-order valence-corrected chi connectivity index (χ4v) is 2.81. The summed E-state index contributed by atoms with van der Waals surface area (Å²) >= 11 is 0. The molecule has 0 spiro atoms. The highest BCUT2D eigenvalue weighted by atomic mass is 16.6. The third-order valence-electron chi connectivity index (χ3n) is 4.20. The minimum absolute atomic E-state index is 0.0272. The first kappa shape index (κ1) is 19.4. The number of hydrogen-bond acceptors (Lipinski definition) is 6. The second-order valence-corrected chi connectivity index (χ2v) is 6.19. The average molecular weight is 383 g/mol. The van der Waals surface area contributed by atoms with Crippen molar-refractivity contribution in [3.05, 3.63) is 60.2 Å². The molecule has 146 valence electrons. The van der Waals surface area contributed by atoms with E-state index in [-0.39, 0.29) is 32.1 Å². The Morgan fingerprint density at radius 2 is 1.68 bits per heavy atom. The number of carbonyl (C=O) groups is 3. The van der Waals surface area contributed by atoms with Gasteiger partial charge in [-0.05, 0) is 31.2 Å². The zero-order chi connectivity index (χ0) is 19.9. The van der Waals surface area contributed by atoms with E-state index < -0.39 is 18.0 Å². The van der Waals surface area contributed by atoms with Crippen LogP contribution in [0.5, 0.6) is 5.75 Å². The van der Waals surface area contributed by atoms with Gasteiger partial charge in [0.2, 0.25) is 0 Å². The van der Waals surface area contributed by atoms with Crippen LogP contribution < -0.4 is 9.64 Å². The minimum atomic E-state index is -0.608. The van der Waals surface area contributed by atoms with Gasteiger partial charge in [0.15, 0.2) is 6.10 Å². The van der Waals surface area contributed by atoms with Gasteiger partial charge in [-0.1, -0.05) is 30.3 Å². The maximum Gasteiger partial charge on any atom is 0.338 e. The SMILES string of the molecule is CC1Oc2ccccc2N(CCC(=O)OCCOC(=O)c2ccccc2)C1=O. The van der Waals surface area contributed by atoms with E-state index in [0.717, 1.165) is 0 Å². The van der Waals surface area contributed by atoms with Gasteiger partial charge in [0, 0.05) is 6.54 Å². The number of rotatable bonds is 7. The maximum absolute atomic E-state index is 12.4. The molecule has 1 aliphatic rings. The van der Waals surface area contributed by atoms with Crippen LogP contribution in [-0.4, -0.2) is 43.7 Å². The van der Waals surface area contributed by atoms with Gasteiger partial charge in [-0.2, -0.15) is 0 Å². The van der Waals surface area contributed by atoms with Crippen LogP contribution in [0.15, 0.2) is 54.6 Å². The van der Waals surface area contributed by atoms with Crippen molar-refractivity contribution in [2.45, 2.75) is 19.4 Å². The van der Waals surface area contributed by atoms with Crippen LogP contribution in [0.2, 0.25) is 0 Å². The number of ether oxygens (including phenoxy) is 3. The summed E-state index contributed by atoms with van der Waals surface area (Å²) in [6.07, 6.45) is -0.581. The van der Waals surface area contributed by atoms with Gasteiger partial charge in [-0.15, -0.1) is 0 Å². The Morgan fingerprint density at radius 3 is 2.46 bits per heavy atom. The zero-order valence-corrected chi connectivity index (χ0v) is 15.5. The molecular weight excluding hydrogens is 362 g/mol. The molecule has 0 aromatic heterocycles. The fraction of sp³-hybridized carbons (Fsp3) is 0.286. The van der Waals surface area contributed by atoms with Crippen LogP contribution in [0, 0.1) is 0 Å². The normalized spacial score (nSPS) is 15.4. The van der Waals surface area contributed by atoms with Crippen LogP contribution in [0.4, 0.5) is 5.69 Å². The highest BCUT2D eigenvalue weighted by Crippen LogP contribution is 2.33. The van der Waals surface area contributed by atoms with Crippen molar-refractivity contribution in [1.29, 1.82) is 0 Å². The highest BCUT2D eigenvalue weighted by molar-refractivity contribution is 6.00. The molecule has 0 saturated carbocycles. The van der Waals surface area contributed by atoms with Gasteiger partial charge in [-0.3, -0.25) is 9.59 Å². The quantitative estimate of drug-likeness (QED) is 0.540. The van der Waals surface area contributed by atoms with Gasteiger partial charge < -0.3 is 19.1 Å². The summed E-state index contributed by atoms with van der Waals surface area (Å²) in [5, 5.41) is 0. The predicted octanol–water partition coefficient (Wildman–Crippen LogP) is 2.59. The zero-order valence-electron chi connectivity index (χ0n) is 15.5. The fourth-order valence-electron chi connectivity index (χ4n) is 2.81. The summed E-state index contributed by atoms with van der Waals surface area (Å²) in [6, 6.07) is 15.8. The average Bonchev–Trinajstić information content (AvgIpc) is 2.72. The van der Waals surface area contributed by atoms with Crippen molar-refractivity contribution < 1.29 is 28.6 Å². The molecular formula is C21H21NO6. The predicted molar refractivity (Wildman–Crippen MR) is 101 cm³/mol. The molecule has 1 aliphatic heterocycles. The molecule has 0 aliphatic carbocycles. The van der Waals surface area contributed by atoms with E-state index in [1.54, 1.807) is 55.5 Å². The number of para-hydroxylation sites is 2. The van der Waals surface area contributed by atoms with Crippen molar-refractivity contribution in [2.24, 2.45) is 0 Å². The molecule has 2 aromatic rings. The van der Waals surface area contributed by atoms with E-state index in [0.29, 0.717) is 17.0 Å². The molecule has 0 bridgehead atoms. The largest absolute Gasteiger partial charge is 0.479 e. The van der Waals surface area contributed by atoms with E-state index in [1.165, 1.54) is 4.90 Å². The van der Waals surface area contributed by atoms with Crippen LogP contribution >= 0.6 is 0 Å². The van der Waals surface area contributed by atoms with E-state index in [9.17, 15) is 14.4 Å². The molecule has 0 radical (unpaired) electrons. The third kappa shape index (κ3) is 4.68. The summed E-state index contributed by atoms with van der Waals surface area (Å²) < 4.78 is 15.7. The number of anilines is 1. The van der Waals surface area contributed by atoms with Gasteiger partial charge in [0.25, 0.3) is 5.91 Å². The molecule has 1 heterocycles. The molecule has 7 heteroatoms. The lowest BCUT2D eigenvalue weighted by Gasteiger charge is -2.32. The maximum atomic E-state index is 12.4. The van der Waals surface area contributed by atoms with Gasteiger partial charge in [0.1, 0.15) is 19.0 Å². The molecule has 7 nitrogen and oxygen atoms in total. The van der Waals surface area contributed by atoms with Crippen molar-refractivity contribution in [1.82, 2.24) is 0 Å². The van der Waals surface area contributed by atoms with E-state index in [2.05, 4.69) is 0 Å². The number of hydrogen-bond donors (Lipinski definition) is 0. The number of carbonyl (C=O) groups excluding carboxylic acids is 3. The Morgan fingerprint density at radius 1 is 1.00 bits per heavy atom. The molecule has 0 N–H and O–H groups in total. The summed E-state index contributed by atoms with van der Waals surface area (Å²) in [4.78, 5) is 37.6. The van der Waals surface area contributed by atoms with Crippen LogP contribution in [0.1, 0.15) is 23.7 Å². The third-order valence-corrected chi connectivity index (χ3v) is 4.20. The van der Waals surface area contributed by atoms with E-state index >= 15 is 0 Å². The van der Waals surface area contributed by atoms with E-state index in [4.69, 9.17) is 14.2 Å².